The van der Waals surface area contributed by atoms with Crippen molar-refractivity contribution in [3.63, 3.8) is 0 Å². The third-order valence-corrected chi connectivity index (χ3v) is 7.56. The summed E-state index contributed by atoms with van der Waals surface area (Å²) in [4.78, 5) is 29.9. The largest absolute Gasteiger partial charge is 0.350 e. The highest BCUT2D eigenvalue weighted by atomic mass is 32.2. The summed E-state index contributed by atoms with van der Waals surface area (Å²) in [5.74, 6) is -0.341. The van der Waals surface area contributed by atoms with Gasteiger partial charge in [0.25, 0.3) is 0 Å². The van der Waals surface area contributed by atoms with E-state index in [1.165, 1.54) is 14.9 Å². The Morgan fingerprint density at radius 3 is 2.56 bits per heavy atom. The first-order valence-corrected chi connectivity index (χ1v) is 12.1. The summed E-state index contributed by atoms with van der Waals surface area (Å²) < 4.78 is 30.5. The van der Waals surface area contributed by atoms with Crippen LogP contribution >= 0.6 is 0 Å². The maximum absolute atomic E-state index is 13.1. The van der Waals surface area contributed by atoms with Crippen LogP contribution in [0.1, 0.15) is 38.3 Å². The number of amides is 1. The van der Waals surface area contributed by atoms with Gasteiger partial charge in [0.05, 0.1) is 15.9 Å². The summed E-state index contributed by atoms with van der Waals surface area (Å²) in [6, 6.07) is 8.19. The molecule has 0 radical (unpaired) electrons. The van der Waals surface area contributed by atoms with Crippen molar-refractivity contribution in [2.75, 3.05) is 13.1 Å². The summed E-state index contributed by atoms with van der Waals surface area (Å²) in [5, 5.41) is 2.79. The van der Waals surface area contributed by atoms with Crippen LogP contribution in [0.3, 0.4) is 0 Å². The minimum atomic E-state index is -3.64. The number of nitrogens with one attached hydrogen (secondary N) is 1. The Morgan fingerprint density at radius 1 is 1.16 bits per heavy atom. The second kappa shape index (κ2) is 8.87. The molecular formula is C22H27N5O4S. The second-order valence-corrected chi connectivity index (χ2v) is 10.2. The van der Waals surface area contributed by atoms with Gasteiger partial charge < -0.3 is 5.32 Å². The fourth-order valence-electron chi connectivity index (χ4n) is 4.05. The topological polar surface area (TPSA) is 106 Å². The van der Waals surface area contributed by atoms with Crippen molar-refractivity contribution in [3.8, 4) is 0 Å². The number of benzene rings is 1. The molecule has 4 rings (SSSR count). The lowest BCUT2D eigenvalue weighted by Gasteiger charge is -2.16. The van der Waals surface area contributed by atoms with Crippen molar-refractivity contribution in [1.82, 2.24) is 23.7 Å². The normalized spacial score (nSPS) is 15.0. The monoisotopic (exact) mass is 457 g/mol. The summed E-state index contributed by atoms with van der Waals surface area (Å²) in [6.07, 6.45) is 4.99. The zero-order chi connectivity index (χ0) is 22.9. The molecule has 0 spiro atoms. The Labute approximate surface area is 186 Å². The van der Waals surface area contributed by atoms with Crippen LogP contribution in [0.25, 0.3) is 11.0 Å². The van der Waals surface area contributed by atoms with Crippen LogP contribution in [0.2, 0.25) is 0 Å². The first-order chi connectivity index (χ1) is 15.3. The van der Waals surface area contributed by atoms with Crippen molar-refractivity contribution in [2.24, 2.45) is 0 Å². The van der Waals surface area contributed by atoms with Gasteiger partial charge in [0.15, 0.2) is 0 Å². The number of carbonyl (C=O) groups excluding carboxylic acids is 1. The zero-order valence-electron chi connectivity index (χ0n) is 18.2. The Bertz CT molecular complexity index is 1290. The van der Waals surface area contributed by atoms with E-state index < -0.39 is 10.0 Å². The van der Waals surface area contributed by atoms with E-state index in [1.807, 2.05) is 19.9 Å². The Morgan fingerprint density at radius 2 is 1.91 bits per heavy atom. The van der Waals surface area contributed by atoms with Gasteiger partial charge in [-0.25, -0.2) is 13.2 Å². The van der Waals surface area contributed by atoms with E-state index in [9.17, 15) is 18.0 Å². The van der Waals surface area contributed by atoms with Crippen LogP contribution in [-0.2, 0) is 27.9 Å². The molecule has 10 heteroatoms. The summed E-state index contributed by atoms with van der Waals surface area (Å²) in [6.45, 7) is 4.83. The first kappa shape index (κ1) is 22.2. The van der Waals surface area contributed by atoms with Gasteiger partial charge in [0.1, 0.15) is 6.54 Å². The third kappa shape index (κ3) is 4.20. The Balaban J connectivity index is 1.69. The van der Waals surface area contributed by atoms with E-state index in [2.05, 4.69) is 10.3 Å². The number of pyridine rings is 1. The minimum Gasteiger partial charge on any atom is -0.350 e. The molecule has 2 aromatic heterocycles. The molecule has 1 aliphatic heterocycles. The molecule has 3 aromatic rings. The number of fused-ring (bicyclic) bond motifs is 1. The van der Waals surface area contributed by atoms with Crippen molar-refractivity contribution < 1.29 is 13.2 Å². The van der Waals surface area contributed by atoms with Gasteiger partial charge in [-0.3, -0.25) is 18.9 Å². The van der Waals surface area contributed by atoms with Gasteiger partial charge in [-0.15, -0.1) is 0 Å². The molecule has 1 saturated heterocycles. The highest BCUT2D eigenvalue weighted by molar-refractivity contribution is 7.89. The molecule has 1 amide bonds. The maximum Gasteiger partial charge on any atom is 0.329 e. The number of carbonyl (C=O) groups is 1. The zero-order valence-corrected chi connectivity index (χ0v) is 19.0. The van der Waals surface area contributed by atoms with Crippen LogP contribution in [0.5, 0.6) is 0 Å². The fraction of sp³-hybridized carbons (Fsp3) is 0.409. The summed E-state index contributed by atoms with van der Waals surface area (Å²) >= 11 is 0. The highest BCUT2D eigenvalue weighted by Gasteiger charge is 2.28. The highest BCUT2D eigenvalue weighted by Crippen LogP contribution is 2.25. The van der Waals surface area contributed by atoms with E-state index in [-0.39, 0.29) is 29.1 Å². The average Bonchev–Trinajstić information content (AvgIpc) is 3.40. The smallest absolute Gasteiger partial charge is 0.329 e. The molecule has 1 N–H and O–H groups in total. The predicted molar refractivity (Wildman–Crippen MR) is 121 cm³/mol. The second-order valence-electron chi connectivity index (χ2n) is 8.23. The first-order valence-electron chi connectivity index (χ1n) is 10.7. The SMILES string of the molecule is CC(C)n1c(=O)n(CC(=O)NCc2cccnc2)c2cc(S(=O)(=O)N3CCCC3)ccc21. The van der Waals surface area contributed by atoms with Gasteiger partial charge in [0.2, 0.25) is 15.9 Å². The molecule has 9 nitrogen and oxygen atoms in total. The summed E-state index contributed by atoms with van der Waals surface area (Å²) in [5.41, 5.74) is 1.53. The summed E-state index contributed by atoms with van der Waals surface area (Å²) in [7, 11) is -3.64. The fourth-order valence-corrected chi connectivity index (χ4v) is 5.59. The number of nitrogens with zero attached hydrogens (tertiary/aromatic N) is 4. The van der Waals surface area contributed by atoms with Crippen molar-refractivity contribution >= 4 is 27.0 Å². The molecule has 0 bridgehead atoms. The quantitative estimate of drug-likeness (QED) is 0.583. The molecule has 0 saturated carbocycles. The van der Waals surface area contributed by atoms with Gasteiger partial charge in [-0.2, -0.15) is 4.31 Å². The van der Waals surface area contributed by atoms with Gasteiger partial charge >= 0.3 is 5.69 Å². The molecular weight excluding hydrogens is 430 g/mol. The molecule has 1 fully saturated rings. The van der Waals surface area contributed by atoms with Crippen molar-refractivity contribution in [3.05, 3.63) is 58.8 Å². The lowest BCUT2D eigenvalue weighted by molar-refractivity contribution is -0.121. The number of aromatic nitrogens is 3. The number of rotatable bonds is 7. The van der Waals surface area contributed by atoms with E-state index in [1.54, 1.807) is 35.2 Å². The predicted octanol–water partition coefficient (Wildman–Crippen LogP) is 1.88. The third-order valence-electron chi connectivity index (χ3n) is 5.67. The number of imidazole rings is 1. The van der Waals surface area contributed by atoms with Crippen LogP contribution in [0.4, 0.5) is 0 Å². The number of hydrogen-bond acceptors (Lipinski definition) is 5. The molecule has 1 aliphatic rings. The van der Waals surface area contributed by atoms with Crippen LogP contribution in [0, 0.1) is 0 Å². The molecule has 170 valence electrons. The van der Waals surface area contributed by atoms with Crippen LogP contribution in [-0.4, -0.2) is 45.8 Å². The van der Waals surface area contributed by atoms with Crippen molar-refractivity contribution in [1.29, 1.82) is 0 Å². The van der Waals surface area contributed by atoms with E-state index >= 15 is 0 Å². The van der Waals surface area contributed by atoms with Crippen LogP contribution in [0.15, 0.2) is 52.4 Å². The lowest BCUT2D eigenvalue weighted by Crippen LogP contribution is -2.33. The maximum atomic E-state index is 13.1. The van der Waals surface area contributed by atoms with E-state index in [0.29, 0.717) is 30.7 Å². The van der Waals surface area contributed by atoms with Gasteiger partial charge in [-0.1, -0.05) is 6.07 Å². The van der Waals surface area contributed by atoms with Gasteiger partial charge in [-0.05, 0) is 56.5 Å². The van der Waals surface area contributed by atoms with Crippen LogP contribution < -0.4 is 11.0 Å². The molecule has 0 aliphatic carbocycles. The molecule has 3 heterocycles. The Kier molecular flexibility index (Phi) is 6.16. The molecule has 32 heavy (non-hydrogen) atoms. The van der Waals surface area contributed by atoms with E-state index in [4.69, 9.17) is 0 Å². The molecule has 0 atom stereocenters. The number of sulfonamides is 1. The Hall–Kier alpha value is -2.98. The average molecular weight is 458 g/mol. The molecule has 0 unspecified atom stereocenters. The van der Waals surface area contributed by atoms with Gasteiger partial charge in [0, 0.05) is 38.1 Å². The number of hydrogen-bond donors (Lipinski definition) is 1. The van der Waals surface area contributed by atoms with E-state index in [0.717, 1.165) is 18.4 Å². The lowest BCUT2D eigenvalue weighted by atomic mass is 10.3. The minimum absolute atomic E-state index is 0.136. The molecule has 1 aromatic carbocycles. The standard InChI is InChI=1S/C22H27N5O4S/c1-16(2)27-19-8-7-18(32(30,31)25-10-3-4-11-25)12-20(19)26(22(27)29)15-21(28)24-14-17-6-5-9-23-13-17/h5-9,12-13,16H,3-4,10-11,14-15H2,1-2H3,(H,24,28). The van der Waals surface area contributed by atoms with Crippen molar-refractivity contribution in [2.45, 2.75) is 50.7 Å².